The zero-order valence-corrected chi connectivity index (χ0v) is 20.6. The third kappa shape index (κ3) is 3.21. The van der Waals surface area contributed by atoms with E-state index in [1.54, 1.807) is 0 Å². The van der Waals surface area contributed by atoms with E-state index in [1.165, 1.54) is 33.0 Å². The lowest BCUT2D eigenvalue weighted by atomic mass is 9.93. The van der Waals surface area contributed by atoms with Crippen molar-refractivity contribution in [2.24, 2.45) is 0 Å². The summed E-state index contributed by atoms with van der Waals surface area (Å²) in [5.41, 5.74) is 11.2. The molecule has 38 heavy (non-hydrogen) atoms. The van der Waals surface area contributed by atoms with Crippen molar-refractivity contribution in [2.45, 2.75) is 0 Å². The van der Waals surface area contributed by atoms with E-state index in [2.05, 4.69) is 126 Å². The molecule has 1 N–H and O–H groups in total. The minimum absolute atomic E-state index is 0.918. The molecule has 178 valence electrons. The minimum Gasteiger partial charge on any atom is -0.455 e. The maximum Gasteiger partial charge on any atom is 0.143 e. The van der Waals surface area contributed by atoms with E-state index in [0.717, 1.165) is 44.1 Å². The second-order valence-electron chi connectivity index (χ2n) is 9.84. The Morgan fingerprint density at radius 1 is 0.421 bits per heavy atom. The normalized spacial score (nSPS) is 11.7. The van der Waals surface area contributed by atoms with Crippen molar-refractivity contribution in [3.8, 4) is 33.4 Å². The lowest BCUT2D eigenvalue weighted by Crippen LogP contribution is -1.86. The highest BCUT2D eigenvalue weighted by Gasteiger charge is 2.15. The number of H-pyrrole nitrogens is 1. The van der Waals surface area contributed by atoms with Crippen molar-refractivity contribution in [2.75, 3.05) is 0 Å². The highest BCUT2D eigenvalue weighted by atomic mass is 16.3. The van der Waals surface area contributed by atoms with Crippen LogP contribution in [0.2, 0.25) is 0 Å². The molecule has 8 aromatic rings. The van der Waals surface area contributed by atoms with Crippen LogP contribution in [-0.2, 0) is 0 Å². The van der Waals surface area contributed by atoms with Gasteiger partial charge in [-0.05, 0) is 52.6 Å². The summed E-state index contributed by atoms with van der Waals surface area (Å²) in [5, 5.41) is 4.77. The summed E-state index contributed by atoms with van der Waals surface area (Å²) >= 11 is 0. The van der Waals surface area contributed by atoms with Crippen LogP contribution in [0, 0.1) is 0 Å². The maximum atomic E-state index is 6.36. The number of fused-ring (bicyclic) bond motifs is 6. The monoisotopic (exact) mass is 485 g/mol. The maximum absolute atomic E-state index is 6.36. The van der Waals surface area contributed by atoms with Crippen molar-refractivity contribution < 1.29 is 4.42 Å². The molecule has 0 saturated heterocycles. The number of aromatic nitrogens is 1. The number of hydrogen-bond acceptors (Lipinski definition) is 1. The summed E-state index contributed by atoms with van der Waals surface area (Å²) in [6.07, 6.45) is 0. The number of nitrogens with one attached hydrogen (secondary N) is 1. The van der Waals surface area contributed by atoms with Crippen LogP contribution < -0.4 is 0 Å². The van der Waals surface area contributed by atoms with Crippen molar-refractivity contribution in [1.29, 1.82) is 0 Å². The molecule has 0 radical (unpaired) electrons. The molecule has 0 aliphatic carbocycles. The number of hydrogen-bond donors (Lipinski definition) is 1. The van der Waals surface area contributed by atoms with Crippen molar-refractivity contribution >= 4 is 43.7 Å². The summed E-state index contributed by atoms with van der Waals surface area (Å²) in [4.78, 5) is 3.71. The van der Waals surface area contributed by atoms with E-state index in [0.29, 0.717) is 0 Å². The summed E-state index contributed by atoms with van der Waals surface area (Å²) in [6, 6.07) is 47.3. The average molecular weight is 486 g/mol. The van der Waals surface area contributed by atoms with Gasteiger partial charge in [0.05, 0.1) is 5.52 Å². The molecule has 2 heteroatoms. The SMILES string of the molecule is c1ccc(-c2cc(-c3cccc(-c4cccc5c4oc4ccccc45)c3)c3[nH]c4ccccc4c3c2)cc1. The van der Waals surface area contributed by atoms with Gasteiger partial charge in [-0.1, -0.05) is 103 Å². The third-order valence-corrected chi connectivity index (χ3v) is 7.61. The molecule has 2 nitrogen and oxygen atoms in total. The van der Waals surface area contributed by atoms with E-state index in [-0.39, 0.29) is 0 Å². The number of rotatable bonds is 3. The predicted molar refractivity (Wildman–Crippen MR) is 159 cm³/mol. The topological polar surface area (TPSA) is 28.9 Å². The van der Waals surface area contributed by atoms with Crippen molar-refractivity contribution in [3.63, 3.8) is 0 Å². The van der Waals surface area contributed by atoms with Gasteiger partial charge >= 0.3 is 0 Å². The van der Waals surface area contributed by atoms with Gasteiger partial charge in [-0.3, -0.25) is 0 Å². The molecule has 2 heterocycles. The number of para-hydroxylation sites is 3. The first-order chi connectivity index (χ1) is 18.8. The summed E-state index contributed by atoms with van der Waals surface area (Å²) < 4.78 is 6.36. The minimum atomic E-state index is 0.918. The van der Waals surface area contributed by atoms with E-state index in [9.17, 15) is 0 Å². The van der Waals surface area contributed by atoms with Gasteiger partial charge in [0, 0.05) is 38.2 Å². The fourth-order valence-electron chi connectivity index (χ4n) is 5.80. The van der Waals surface area contributed by atoms with Gasteiger partial charge in [0.25, 0.3) is 0 Å². The second kappa shape index (κ2) is 8.22. The standard InChI is InChI=1S/C36H23NO/c1-2-10-23(11-3-1)26-21-31(35-32(22-26)28-14-4-6-18-33(28)37-35)25-13-8-12-24(20-25)27-16-9-17-30-29-15-5-7-19-34(29)38-36(27)30/h1-22,37H. The number of aromatic amines is 1. The van der Waals surface area contributed by atoms with Crippen LogP contribution in [0.25, 0.3) is 77.1 Å². The van der Waals surface area contributed by atoms with Gasteiger partial charge in [0.2, 0.25) is 0 Å². The van der Waals surface area contributed by atoms with Crippen LogP contribution >= 0.6 is 0 Å². The Morgan fingerprint density at radius 2 is 1.11 bits per heavy atom. The van der Waals surface area contributed by atoms with Gasteiger partial charge in [-0.25, -0.2) is 0 Å². The van der Waals surface area contributed by atoms with Crippen LogP contribution in [0.5, 0.6) is 0 Å². The first-order valence-electron chi connectivity index (χ1n) is 12.9. The van der Waals surface area contributed by atoms with Crippen LogP contribution in [0.3, 0.4) is 0 Å². The summed E-state index contributed by atoms with van der Waals surface area (Å²) in [5.74, 6) is 0. The molecule has 8 rings (SSSR count). The molecule has 0 aliphatic heterocycles. The van der Waals surface area contributed by atoms with Crippen molar-refractivity contribution in [1.82, 2.24) is 4.98 Å². The fraction of sp³-hybridized carbons (Fsp3) is 0. The third-order valence-electron chi connectivity index (χ3n) is 7.61. The zero-order valence-electron chi connectivity index (χ0n) is 20.6. The zero-order chi connectivity index (χ0) is 25.1. The molecule has 0 saturated carbocycles. The van der Waals surface area contributed by atoms with E-state index in [4.69, 9.17) is 4.42 Å². The predicted octanol–water partition coefficient (Wildman–Crippen LogP) is 10.2. The molecule has 2 aromatic heterocycles. The van der Waals surface area contributed by atoms with Gasteiger partial charge in [-0.2, -0.15) is 0 Å². The molecule has 0 spiro atoms. The van der Waals surface area contributed by atoms with Crippen LogP contribution in [0.1, 0.15) is 0 Å². The van der Waals surface area contributed by atoms with Gasteiger partial charge in [0.1, 0.15) is 11.2 Å². The van der Waals surface area contributed by atoms with E-state index < -0.39 is 0 Å². The molecular formula is C36H23NO. The Labute approximate surface area is 219 Å². The molecule has 0 bridgehead atoms. The Morgan fingerprint density at radius 3 is 2.00 bits per heavy atom. The summed E-state index contributed by atoms with van der Waals surface area (Å²) in [7, 11) is 0. The smallest absolute Gasteiger partial charge is 0.143 e. The first-order valence-corrected chi connectivity index (χ1v) is 12.9. The Hall–Kier alpha value is -5.08. The Kier molecular flexibility index (Phi) is 4.55. The van der Waals surface area contributed by atoms with Crippen molar-refractivity contribution in [3.05, 3.63) is 133 Å². The molecule has 0 aliphatic rings. The molecular weight excluding hydrogens is 462 g/mol. The van der Waals surface area contributed by atoms with Crippen LogP contribution in [-0.4, -0.2) is 4.98 Å². The fourth-order valence-corrected chi connectivity index (χ4v) is 5.80. The summed E-state index contributed by atoms with van der Waals surface area (Å²) in [6.45, 7) is 0. The highest BCUT2D eigenvalue weighted by Crippen LogP contribution is 2.40. The molecule has 0 fully saturated rings. The highest BCUT2D eigenvalue weighted by molar-refractivity contribution is 6.14. The molecule has 6 aromatic carbocycles. The second-order valence-corrected chi connectivity index (χ2v) is 9.84. The van der Waals surface area contributed by atoms with Gasteiger partial charge < -0.3 is 9.40 Å². The molecule has 0 unspecified atom stereocenters. The van der Waals surface area contributed by atoms with E-state index >= 15 is 0 Å². The first kappa shape index (κ1) is 21.0. The molecule has 0 atom stereocenters. The largest absolute Gasteiger partial charge is 0.455 e. The van der Waals surface area contributed by atoms with Gasteiger partial charge in [-0.15, -0.1) is 0 Å². The Balaban J connectivity index is 1.38. The molecule has 0 amide bonds. The number of furan rings is 1. The van der Waals surface area contributed by atoms with E-state index in [1.807, 2.05) is 12.1 Å². The number of benzene rings is 6. The van der Waals surface area contributed by atoms with Crippen LogP contribution in [0.15, 0.2) is 138 Å². The average Bonchev–Trinajstić information content (AvgIpc) is 3.56. The lowest BCUT2D eigenvalue weighted by molar-refractivity contribution is 0.670. The van der Waals surface area contributed by atoms with Gasteiger partial charge in [0.15, 0.2) is 0 Å². The van der Waals surface area contributed by atoms with Crippen LogP contribution in [0.4, 0.5) is 0 Å². The Bertz CT molecular complexity index is 2130. The quantitative estimate of drug-likeness (QED) is 0.265. The lowest BCUT2D eigenvalue weighted by Gasteiger charge is -2.11.